The molecule has 190 valence electrons. The molecule has 0 spiro atoms. The van der Waals surface area contributed by atoms with Gasteiger partial charge < -0.3 is 15.3 Å². The van der Waals surface area contributed by atoms with E-state index in [0.29, 0.717) is 0 Å². The third-order valence-corrected chi connectivity index (χ3v) is 7.64. The van der Waals surface area contributed by atoms with Gasteiger partial charge in [0.25, 0.3) is 0 Å². The number of hydrogen-bond donors (Lipinski definition) is 2. The number of fused-ring (bicyclic) bond motifs is 3. The van der Waals surface area contributed by atoms with Crippen LogP contribution in [0.3, 0.4) is 0 Å². The minimum Gasteiger partial charge on any atom is -0.857 e. The van der Waals surface area contributed by atoms with Crippen LogP contribution in [0.15, 0.2) is 6.07 Å². The van der Waals surface area contributed by atoms with E-state index >= 15 is 0 Å². The molecular formula is C28H44O5Ti. The molecule has 34 heavy (non-hydrogen) atoms. The maximum absolute atomic E-state index is 10.4. The zero-order valence-corrected chi connectivity index (χ0v) is 22.6. The first-order valence-corrected chi connectivity index (χ1v) is 13.2. The number of hydrogen-bond acceptors (Lipinski definition) is 3. The van der Waals surface area contributed by atoms with Crippen LogP contribution in [0.2, 0.25) is 0 Å². The van der Waals surface area contributed by atoms with Gasteiger partial charge in [0, 0.05) is 0 Å². The van der Waals surface area contributed by atoms with Gasteiger partial charge in [0.1, 0.15) is 0 Å². The molecule has 0 radical (unpaired) electrons. The second-order valence-electron chi connectivity index (χ2n) is 9.91. The molecule has 0 atom stereocenters. The van der Waals surface area contributed by atoms with Crippen LogP contribution in [0.1, 0.15) is 112 Å². The molecule has 0 aromatic heterocycles. The third-order valence-electron chi connectivity index (χ3n) is 7.64. The van der Waals surface area contributed by atoms with E-state index in [1.807, 2.05) is 0 Å². The molecule has 6 heteroatoms. The van der Waals surface area contributed by atoms with Crippen LogP contribution in [0, 0.1) is 11.8 Å². The first-order valence-electron chi connectivity index (χ1n) is 13.2. The van der Waals surface area contributed by atoms with Gasteiger partial charge in [0.15, 0.2) is 0 Å². The summed E-state index contributed by atoms with van der Waals surface area (Å²) in [5.41, 5.74) is 6.94. The molecule has 5 nitrogen and oxygen atoms in total. The van der Waals surface area contributed by atoms with Crippen molar-refractivity contribution in [3.05, 3.63) is 28.3 Å². The summed E-state index contributed by atoms with van der Waals surface area (Å²) in [7, 11) is 0.750. The Morgan fingerprint density at radius 3 is 1.24 bits per heavy atom. The minimum absolute atomic E-state index is 0. The van der Waals surface area contributed by atoms with Crippen molar-refractivity contribution in [1.82, 2.24) is 0 Å². The third kappa shape index (κ3) is 9.91. The van der Waals surface area contributed by atoms with Gasteiger partial charge in [-0.2, -0.15) is 35.4 Å². The number of rotatable bonds is 2. The molecule has 0 aliphatic heterocycles. The maximum Gasteiger partial charge on any atom is 2.00 e. The van der Waals surface area contributed by atoms with E-state index in [-0.39, 0.29) is 33.6 Å². The predicted molar refractivity (Wildman–Crippen MR) is 130 cm³/mol. The van der Waals surface area contributed by atoms with Gasteiger partial charge in [-0.3, -0.25) is 9.59 Å². The normalized spacial score (nSPS) is 19.7. The largest absolute Gasteiger partial charge is 2.00 e. The summed E-state index contributed by atoms with van der Waals surface area (Å²) in [6.07, 6.45) is 21.7. The Balaban J connectivity index is 0.000000249. The molecule has 4 aliphatic carbocycles. The van der Waals surface area contributed by atoms with E-state index in [1.165, 1.54) is 64.2 Å². The number of carboxylic acids is 2. The predicted octanol–water partition coefficient (Wildman–Crippen LogP) is 5.44. The van der Waals surface area contributed by atoms with Crippen LogP contribution in [-0.4, -0.2) is 29.3 Å². The fourth-order valence-electron chi connectivity index (χ4n) is 5.77. The Bertz CT molecular complexity index is 656. The summed E-state index contributed by atoms with van der Waals surface area (Å²) >= 11 is 0. The van der Waals surface area contributed by atoms with E-state index in [2.05, 4.69) is 6.07 Å². The molecule has 0 unspecified atom stereocenters. The van der Waals surface area contributed by atoms with Crippen molar-refractivity contribution in [3.8, 4) is 0 Å². The van der Waals surface area contributed by atoms with Gasteiger partial charge in [-0.15, -0.1) is 0 Å². The summed E-state index contributed by atoms with van der Waals surface area (Å²) in [4.78, 5) is 20.7. The van der Waals surface area contributed by atoms with Crippen LogP contribution >= 0.6 is 0 Å². The summed E-state index contributed by atoms with van der Waals surface area (Å²) in [6, 6.07) is 2.52. The number of aryl methyl sites for hydroxylation is 2. The Hall–Kier alpha value is -1.04. The molecule has 5 rings (SSSR count). The van der Waals surface area contributed by atoms with E-state index in [4.69, 9.17) is 15.3 Å². The smallest absolute Gasteiger partial charge is 0.857 e. The topological polar surface area (TPSA) is 97.7 Å². The Morgan fingerprint density at radius 2 is 0.941 bits per heavy atom. The fourth-order valence-corrected chi connectivity index (χ4v) is 5.77. The quantitative estimate of drug-likeness (QED) is 0.410. The number of aliphatic carboxylic acids is 2. The molecule has 0 amide bonds. The van der Waals surface area contributed by atoms with Gasteiger partial charge in [-0.25, -0.2) is 0 Å². The van der Waals surface area contributed by atoms with Crippen molar-refractivity contribution in [3.63, 3.8) is 0 Å². The molecule has 2 fully saturated rings. The molecule has 2 N–H and O–H groups in total. The van der Waals surface area contributed by atoms with Crippen molar-refractivity contribution in [2.75, 3.05) is 7.11 Å². The monoisotopic (exact) mass is 508 g/mol. The molecule has 1 aromatic rings. The van der Waals surface area contributed by atoms with Gasteiger partial charge in [0.05, 0.1) is 11.8 Å². The summed E-state index contributed by atoms with van der Waals surface area (Å²) in [5.74, 6) is -1.26. The van der Waals surface area contributed by atoms with E-state index in [0.717, 1.165) is 58.5 Å². The Kier molecular flexibility index (Phi) is 15.9. The van der Waals surface area contributed by atoms with Gasteiger partial charge in [-0.05, 0) is 25.7 Å². The molecular weight excluding hydrogens is 464 g/mol. The SMILES string of the molecule is C[O-].O=C(O)C1CCCCC1.O=C(O)C1CCCCC1.[Ti+2].[cH-]1c2c(c3c1CCCC3)CCCC2. The van der Waals surface area contributed by atoms with Crippen LogP contribution in [-0.2, 0) is 57.0 Å². The zero-order chi connectivity index (χ0) is 24.1. The van der Waals surface area contributed by atoms with Gasteiger partial charge >= 0.3 is 33.7 Å². The van der Waals surface area contributed by atoms with Crippen LogP contribution in [0.4, 0.5) is 0 Å². The van der Waals surface area contributed by atoms with E-state index in [1.54, 1.807) is 22.3 Å². The van der Waals surface area contributed by atoms with Crippen molar-refractivity contribution in [2.24, 2.45) is 11.8 Å². The average molecular weight is 509 g/mol. The molecule has 0 bridgehead atoms. The molecule has 2 saturated carbocycles. The first kappa shape index (κ1) is 31.0. The van der Waals surface area contributed by atoms with E-state index < -0.39 is 11.9 Å². The van der Waals surface area contributed by atoms with Crippen molar-refractivity contribution < 1.29 is 46.6 Å². The maximum atomic E-state index is 10.4. The Labute approximate surface area is 221 Å². The van der Waals surface area contributed by atoms with E-state index in [9.17, 15) is 9.59 Å². The molecule has 4 aliphatic rings. The second kappa shape index (κ2) is 17.4. The van der Waals surface area contributed by atoms with Gasteiger partial charge in [0.2, 0.25) is 0 Å². The standard InChI is InChI=1S/C13H17.2C7H12O2.CH3O.Ti/c1-3-7-12-10(5-1)9-11-6-2-4-8-13(11)12;2*8-7(9)6-4-2-1-3-5-6;1-2;/h9H,1-8H2;2*6H,1-5H2,(H,8,9);1H3;/q-1;;;-1;+2. The summed E-state index contributed by atoms with van der Waals surface area (Å²) in [5, 5.41) is 25.3. The average Bonchev–Trinajstić information content (AvgIpc) is 3.26. The first-order chi connectivity index (χ1) is 16.1. The van der Waals surface area contributed by atoms with Crippen LogP contribution < -0.4 is 5.11 Å². The van der Waals surface area contributed by atoms with Crippen molar-refractivity contribution in [2.45, 2.75) is 116 Å². The van der Waals surface area contributed by atoms with Crippen LogP contribution in [0.5, 0.6) is 0 Å². The molecule has 0 heterocycles. The van der Waals surface area contributed by atoms with Gasteiger partial charge in [-0.1, -0.05) is 89.9 Å². The van der Waals surface area contributed by atoms with Crippen molar-refractivity contribution in [1.29, 1.82) is 0 Å². The molecule has 1 aromatic carbocycles. The molecule has 0 saturated heterocycles. The summed E-state index contributed by atoms with van der Waals surface area (Å²) in [6.45, 7) is 0. The van der Waals surface area contributed by atoms with Crippen LogP contribution in [0.25, 0.3) is 0 Å². The summed E-state index contributed by atoms with van der Waals surface area (Å²) < 4.78 is 0. The van der Waals surface area contributed by atoms with Crippen molar-refractivity contribution >= 4 is 11.9 Å². The zero-order valence-electron chi connectivity index (χ0n) is 21.1. The second-order valence-corrected chi connectivity index (χ2v) is 9.91. The fraction of sp³-hybridized carbons (Fsp3) is 0.750. The Morgan fingerprint density at radius 1 is 0.618 bits per heavy atom. The number of carbonyl (C=O) groups is 2. The minimum atomic E-state index is -0.602. The number of carboxylic acid groups (broad SMARTS) is 2.